The monoisotopic (exact) mass is 244 g/mol. The molecule has 0 aliphatic heterocycles. The van der Waals surface area contributed by atoms with Crippen LogP contribution in [0.4, 0.5) is 17.2 Å². The number of nitro groups is 1. The second-order valence-electron chi connectivity index (χ2n) is 3.72. The van der Waals surface area contributed by atoms with Crippen molar-refractivity contribution in [2.75, 3.05) is 11.1 Å². The molecule has 0 radical (unpaired) electrons. The van der Waals surface area contributed by atoms with Gasteiger partial charge >= 0.3 is 0 Å². The molecule has 1 aromatic carbocycles. The third kappa shape index (κ3) is 2.73. The fourth-order valence-corrected chi connectivity index (χ4v) is 1.53. The zero-order valence-electron chi connectivity index (χ0n) is 9.54. The highest BCUT2D eigenvalue weighted by atomic mass is 16.6. The lowest BCUT2D eigenvalue weighted by molar-refractivity contribution is -0.384. The molecule has 6 nitrogen and oxygen atoms in total. The van der Waals surface area contributed by atoms with Crippen LogP contribution in [0.3, 0.4) is 0 Å². The number of nitrogens with zero attached hydrogens (tertiary/aromatic N) is 2. The van der Waals surface area contributed by atoms with E-state index in [9.17, 15) is 10.1 Å². The largest absolute Gasteiger partial charge is 0.396 e. The third-order valence-electron chi connectivity index (χ3n) is 2.42. The molecule has 6 heteroatoms. The van der Waals surface area contributed by atoms with Crippen LogP contribution in [0.2, 0.25) is 0 Å². The molecule has 0 spiro atoms. The summed E-state index contributed by atoms with van der Waals surface area (Å²) >= 11 is 0. The van der Waals surface area contributed by atoms with Gasteiger partial charge in [-0.2, -0.15) is 0 Å². The number of hydrogen-bond donors (Lipinski definition) is 2. The predicted molar refractivity (Wildman–Crippen MR) is 69.1 cm³/mol. The number of rotatable bonds is 4. The number of benzene rings is 1. The second-order valence-corrected chi connectivity index (χ2v) is 3.72. The Kier molecular flexibility index (Phi) is 3.38. The van der Waals surface area contributed by atoms with Crippen molar-refractivity contribution in [2.24, 2.45) is 0 Å². The van der Waals surface area contributed by atoms with E-state index in [0.29, 0.717) is 18.1 Å². The minimum atomic E-state index is -0.418. The van der Waals surface area contributed by atoms with Crippen LogP contribution in [0.15, 0.2) is 42.6 Å². The molecule has 92 valence electrons. The van der Waals surface area contributed by atoms with Crippen LogP contribution in [-0.4, -0.2) is 9.91 Å². The van der Waals surface area contributed by atoms with Gasteiger partial charge < -0.3 is 11.1 Å². The summed E-state index contributed by atoms with van der Waals surface area (Å²) < 4.78 is 0. The number of hydrogen-bond acceptors (Lipinski definition) is 5. The van der Waals surface area contributed by atoms with E-state index < -0.39 is 4.92 Å². The van der Waals surface area contributed by atoms with Crippen LogP contribution in [0, 0.1) is 10.1 Å². The van der Waals surface area contributed by atoms with Gasteiger partial charge in [-0.05, 0) is 17.7 Å². The van der Waals surface area contributed by atoms with Crippen LogP contribution in [0.1, 0.15) is 5.56 Å². The maximum atomic E-state index is 10.6. The first-order chi connectivity index (χ1) is 8.66. The van der Waals surface area contributed by atoms with Gasteiger partial charge in [0.1, 0.15) is 5.82 Å². The molecule has 0 aliphatic rings. The zero-order valence-corrected chi connectivity index (χ0v) is 9.54. The molecule has 2 aromatic rings. The standard InChI is InChI=1S/C12H12N4O2/c13-11-5-2-6-14-12(11)15-8-9-3-1-4-10(7-9)16(17)18/h1-7H,8,13H2,(H,14,15). The highest BCUT2D eigenvalue weighted by Crippen LogP contribution is 2.17. The van der Waals surface area contributed by atoms with Crippen molar-refractivity contribution in [1.29, 1.82) is 0 Å². The molecule has 1 heterocycles. The number of nitrogens with two attached hydrogens (primary N) is 1. The van der Waals surface area contributed by atoms with Crippen LogP contribution < -0.4 is 11.1 Å². The van der Waals surface area contributed by atoms with Crippen LogP contribution >= 0.6 is 0 Å². The van der Waals surface area contributed by atoms with Gasteiger partial charge in [0.05, 0.1) is 10.6 Å². The Morgan fingerprint density at radius 1 is 1.33 bits per heavy atom. The number of nitro benzene ring substituents is 1. The minimum Gasteiger partial charge on any atom is -0.396 e. The summed E-state index contributed by atoms with van der Waals surface area (Å²) in [6.07, 6.45) is 1.63. The van der Waals surface area contributed by atoms with Gasteiger partial charge in [0, 0.05) is 24.9 Å². The highest BCUT2D eigenvalue weighted by molar-refractivity contribution is 5.60. The van der Waals surface area contributed by atoms with Gasteiger partial charge in [0.25, 0.3) is 5.69 Å². The fourth-order valence-electron chi connectivity index (χ4n) is 1.53. The normalized spacial score (nSPS) is 10.0. The molecule has 2 rings (SSSR count). The zero-order chi connectivity index (χ0) is 13.0. The number of anilines is 2. The average Bonchev–Trinajstić information content (AvgIpc) is 2.38. The van der Waals surface area contributed by atoms with E-state index in [1.807, 2.05) is 0 Å². The smallest absolute Gasteiger partial charge is 0.269 e. The van der Waals surface area contributed by atoms with E-state index in [1.165, 1.54) is 12.1 Å². The van der Waals surface area contributed by atoms with Gasteiger partial charge in [-0.25, -0.2) is 4.98 Å². The molecule has 18 heavy (non-hydrogen) atoms. The Labute approximate surface area is 104 Å². The molecule has 0 aliphatic carbocycles. The number of nitrogens with one attached hydrogen (secondary N) is 1. The quantitative estimate of drug-likeness (QED) is 0.635. The fraction of sp³-hybridized carbons (Fsp3) is 0.0833. The summed E-state index contributed by atoms with van der Waals surface area (Å²) in [6.45, 7) is 0.433. The molecular weight excluding hydrogens is 232 g/mol. The van der Waals surface area contributed by atoms with Crippen molar-refractivity contribution < 1.29 is 4.92 Å². The van der Waals surface area contributed by atoms with Gasteiger partial charge in [-0.15, -0.1) is 0 Å². The van der Waals surface area contributed by atoms with Crippen molar-refractivity contribution in [3.8, 4) is 0 Å². The summed E-state index contributed by atoms with van der Waals surface area (Å²) in [6, 6.07) is 9.91. The lowest BCUT2D eigenvalue weighted by atomic mass is 10.2. The molecule has 0 fully saturated rings. The van der Waals surface area contributed by atoms with E-state index in [2.05, 4.69) is 10.3 Å². The van der Waals surface area contributed by atoms with Gasteiger partial charge in [0.2, 0.25) is 0 Å². The Hall–Kier alpha value is -2.63. The molecule has 3 N–H and O–H groups in total. The molecule has 0 bridgehead atoms. The first kappa shape index (κ1) is 11.8. The van der Waals surface area contributed by atoms with E-state index >= 15 is 0 Å². The SMILES string of the molecule is Nc1cccnc1NCc1cccc([N+](=O)[O-])c1. The first-order valence-corrected chi connectivity index (χ1v) is 5.34. The first-order valence-electron chi connectivity index (χ1n) is 5.34. The van der Waals surface area contributed by atoms with Crippen molar-refractivity contribution in [1.82, 2.24) is 4.98 Å². The Balaban J connectivity index is 2.09. The van der Waals surface area contributed by atoms with Crippen molar-refractivity contribution >= 4 is 17.2 Å². The van der Waals surface area contributed by atoms with Crippen LogP contribution in [0.25, 0.3) is 0 Å². The van der Waals surface area contributed by atoms with Gasteiger partial charge in [0.15, 0.2) is 0 Å². The minimum absolute atomic E-state index is 0.0725. The van der Waals surface area contributed by atoms with Crippen LogP contribution in [0.5, 0.6) is 0 Å². The van der Waals surface area contributed by atoms with Crippen molar-refractivity contribution in [2.45, 2.75) is 6.54 Å². The number of non-ortho nitro benzene ring substituents is 1. The van der Waals surface area contributed by atoms with E-state index in [-0.39, 0.29) is 5.69 Å². The Bertz CT molecular complexity index is 572. The molecule has 0 amide bonds. The Morgan fingerprint density at radius 3 is 2.89 bits per heavy atom. The van der Waals surface area contributed by atoms with Crippen molar-refractivity contribution in [3.63, 3.8) is 0 Å². The molecule has 0 atom stereocenters. The molecule has 1 aromatic heterocycles. The summed E-state index contributed by atoms with van der Waals surface area (Å²) in [5.41, 5.74) is 7.15. The van der Waals surface area contributed by atoms with Gasteiger partial charge in [-0.1, -0.05) is 12.1 Å². The van der Waals surface area contributed by atoms with Crippen LogP contribution in [-0.2, 0) is 6.54 Å². The maximum absolute atomic E-state index is 10.6. The lowest BCUT2D eigenvalue weighted by Crippen LogP contribution is -2.04. The average molecular weight is 244 g/mol. The molecule has 0 saturated carbocycles. The summed E-state index contributed by atoms with van der Waals surface area (Å²) in [7, 11) is 0. The second kappa shape index (κ2) is 5.13. The van der Waals surface area contributed by atoms with E-state index in [0.717, 1.165) is 5.56 Å². The van der Waals surface area contributed by atoms with Gasteiger partial charge in [-0.3, -0.25) is 10.1 Å². The summed E-state index contributed by atoms with van der Waals surface area (Å²) in [5, 5.41) is 13.7. The number of aromatic nitrogens is 1. The summed E-state index contributed by atoms with van der Waals surface area (Å²) in [5.74, 6) is 0.573. The topological polar surface area (TPSA) is 94.1 Å². The number of pyridine rings is 1. The highest BCUT2D eigenvalue weighted by Gasteiger charge is 2.06. The maximum Gasteiger partial charge on any atom is 0.269 e. The number of nitrogen functional groups attached to an aromatic ring is 1. The molecule has 0 unspecified atom stereocenters. The van der Waals surface area contributed by atoms with E-state index in [4.69, 9.17) is 5.73 Å². The van der Waals surface area contributed by atoms with E-state index in [1.54, 1.807) is 30.5 Å². The summed E-state index contributed by atoms with van der Waals surface area (Å²) in [4.78, 5) is 14.3. The molecule has 0 saturated heterocycles. The Morgan fingerprint density at radius 2 is 2.17 bits per heavy atom. The lowest BCUT2D eigenvalue weighted by Gasteiger charge is -2.07. The predicted octanol–water partition coefficient (Wildman–Crippen LogP) is 2.18. The van der Waals surface area contributed by atoms with Crippen molar-refractivity contribution in [3.05, 3.63) is 58.3 Å². The third-order valence-corrected chi connectivity index (χ3v) is 2.42. The molecular formula is C12H12N4O2.